The van der Waals surface area contributed by atoms with E-state index < -0.39 is 36.0 Å². The maximum Gasteiger partial charge on any atom is 0.407 e. The summed E-state index contributed by atoms with van der Waals surface area (Å²) < 4.78 is 14.5. The molecule has 4 N–H and O–H groups in total. The predicted molar refractivity (Wildman–Crippen MR) is 133 cm³/mol. The molecule has 2 fully saturated rings. The van der Waals surface area contributed by atoms with E-state index in [1.807, 2.05) is 6.92 Å². The number of amides is 2. The minimum atomic E-state index is -1.13. The monoisotopic (exact) mass is 540 g/mol. The fourth-order valence-electron chi connectivity index (χ4n) is 4.58. The molecule has 0 bridgehead atoms. The molecule has 4 rings (SSSR count). The number of benzene rings is 1. The highest BCUT2D eigenvalue weighted by molar-refractivity contribution is 6.35. The molecule has 0 saturated carbocycles. The van der Waals surface area contributed by atoms with Crippen LogP contribution in [-0.2, 0) is 4.79 Å². The Hall–Kier alpha value is -2.89. The van der Waals surface area contributed by atoms with Crippen LogP contribution in [0.1, 0.15) is 37.8 Å². The molecule has 0 spiro atoms. The number of carboxylic acid groups (broad SMARTS) is 1. The SMILES string of the molecule is C[C@@H](Nc1nc(N2CC[C@H](NC(=O)C3CCCN3C(=O)O)[C@H](O)C2)ncc1F)c1ccc(Cl)cc1Cl. The molecule has 1 aromatic heterocycles. The van der Waals surface area contributed by atoms with Crippen molar-refractivity contribution in [2.45, 2.75) is 50.4 Å². The van der Waals surface area contributed by atoms with Gasteiger partial charge in [0.15, 0.2) is 11.6 Å². The van der Waals surface area contributed by atoms with E-state index in [0.717, 1.165) is 16.7 Å². The Morgan fingerprint density at radius 1 is 1.25 bits per heavy atom. The fraction of sp³-hybridized carbons (Fsp3) is 0.478. The number of carbonyl (C=O) groups excluding carboxylic acids is 1. The summed E-state index contributed by atoms with van der Waals surface area (Å²) in [4.78, 5) is 35.2. The van der Waals surface area contributed by atoms with Crippen molar-refractivity contribution >= 4 is 47.0 Å². The second kappa shape index (κ2) is 11.0. The second-order valence-electron chi connectivity index (χ2n) is 8.95. The van der Waals surface area contributed by atoms with Crippen LogP contribution in [0.3, 0.4) is 0 Å². The van der Waals surface area contributed by atoms with Crippen LogP contribution in [0.15, 0.2) is 24.4 Å². The van der Waals surface area contributed by atoms with Crippen LogP contribution in [0.5, 0.6) is 0 Å². The second-order valence-corrected chi connectivity index (χ2v) is 9.79. The molecule has 1 aromatic carbocycles. The van der Waals surface area contributed by atoms with Gasteiger partial charge in [-0.3, -0.25) is 9.69 Å². The van der Waals surface area contributed by atoms with E-state index in [-0.39, 0.29) is 24.4 Å². The highest BCUT2D eigenvalue weighted by Gasteiger charge is 2.37. The maximum atomic E-state index is 14.5. The Bertz CT molecular complexity index is 1140. The van der Waals surface area contributed by atoms with E-state index in [9.17, 15) is 24.2 Å². The Morgan fingerprint density at radius 3 is 2.72 bits per heavy atom. The molecular weight excluding hydrogens is 514 g/mol. The third-order valence-corrected chi connectivity index (χ3v) is 7.07. The Balaban J connectivity index is 1.39. The fourth-order valence-corrected chi connectivity index (χ4v) is 5.15. The molecule has 3 heterocycles. The third kappa shape index (κ3) is 5.74. The van der Waals surface area contributed by atoms with Crippen LogP contribution in [-0.4, -0.2) is 74.9 Å². The summed E-state index contributed by atoms with van der Waals surface area (Å²) in [6.45, 7) is 2.64. The van der Waals surface area contributed by atoms with Gasteiger partial charge in [-0.2, -0.15) is 4.98 Å². The molecule has 2 saturated heterocycles. The molecule has 36 heavy (non-hydrogen) atoms. The van der Waals surface area contributed by atoms with E-state index >= 15 is 0 Å². The maximum absolute atomic E-state index is 14.5. The first-order valence-corrected chi connectivity index (χ1v) is 12.4. The number of nitrogens with one attached hydrogen (secondary N) is 2. The van der Waals surface area contributed by atoms with Crippen LogP contribution in [0, 0.1) is 5.82 Å². The molecular formula is C23H27Cl2FN6O4. The zero-order valence-electron chi connectivity index (χ0n) is 19.5. The number of aliphatic hydroxyl groups is 1. The summed E-state index contributed by atoms with van der Waals surface area (Å²) >= 11 is 12.2. The van der Waals surface area contributed by atoms with Crippen molar-refractivity contribution in [2.24, 2.45) is 0 Å². The van der Waals surface area contributed by atoms with Gasteiger partial charge in [0.2, 0.25) is 11.9 Å². The van der Waals surface area contributed by atoms with Gasteiger partial charge in [-0.15, -0.1) is 0 Å². The van der Waals surface area contributed by atoms with Crippen LogP contribution in [0.4, 0.5) is 21.0 Å². The number of nitrogens with zero attached hydrogens (tertiary/aromatic N) is 4. The minimum Gasteiger partial charge on any atom is -0.465 e. The lowest BCUT2D eigenvalue weighted by atomic mass is 10.0. The zero-order chi connectivity index (χ0) is 26.0. The van der Waals surface area contributed by atoms with Crippen molar-refractivity contribution in [1.29, 1.82) is 0 Å². The third-order valence-electron chi connectivity index (χ3n) is 6.51. The van der Waals surface area contributed by atoms with Crippen LogP contribution >= 0.6 is 23.2 Å². The number of carbonyl (C=O) groups is 2. The molecule has 194 valence electrons. The number of aromatic nitrogens is 2. The number of halogens is 3. The van der Waals surface area contributed by atoms with Crippen molar-refractivity contribution in [3.8, 4) is 0 Å². The summed E-state index contributed by atoms with van der Waals surface area (Å²) in [5, 5.41) is 26.7. The summed E-state index contributed by atoms with van der Waals surface area (Å²) in [7, 11) is 0. The first kappa shape index (κ1) is 26.2. The molecule has 13 heteroatoms. The first-order valence-electron chi connectivity index (χ1n) is 11.6. The Morgan fingerprint density at radius 2 is 2.03 bits per heavy atom. The molecule has 10 nitrogen and oxygen atoms in total. The summed E-state index contributed by atoms with van der Waals surface area (Å²) in [6.07, 6.45) is 0.431. The quantitative estimate of drug-likeness (QED) is 0.439. The van der Waals surface area contributed by atoms with Gasteiger partial charge in [-0.25, -0.2) is 14.2 Å². The summed E-state index contributed by atoms with van der Waals surface area (Å²) in [5.74, 6) is -0.840. The number of β-amino-alcohol motifs (C(OH)–C–C–N with tert-alkyl or cyclic N) is 1. The van der Waals surface area contributed by atoms with Gasteiger partial charge in [0.05, 0.1) is 24.4 Å². The van der Waals surface area contributed by atoms with Crippen molar-refractivity contribution in [2.75, 3.05) is 29.9 Å². The average molecular weight is 541 g/mol. The Kier molecular flexibility index (Phi) is 8.01. The first-order chi connectivity index (χ1) is 17.1. The van der Waals surface area contributed by atoms with Crippen LogP contribution in [0.25, 0.3) is 0 Å². The zero-order valence-corrected chi connectivity index (χ0v) is 21.0. The van der Waals surface area contributed by atoms with E-state index in [2.05, 4.69) is 20.6 Å². The molecule has 2 aromatic rings. The standard InChI is InChI=1S/C23H27Cl2FN6O4/c1-12(14-5-4-13(24)9-15(14)25)28-20-16(26)10-27-22(30-20)31-8-6-17(19(33)11-31)29-21(34)18-3-2-7-32(18)23(35)36/h4-5,9-10,12,17-19,33H,2-3,6-8,11H2,1H3,(H,29,34)(H,35,36)(H,27,28,30)/t12-,17+,18?,19-/m1/s1. The number of anilines is 2. The molecule has 4 atom stereocenters. The van der Waals surface area contributed by atoms with Gasteiger partial charge in [0.25, 0.3) is 0 Å². The molecule has 0 radical (unpaired) electrons. The van der Waals surface area contributed by atoms with Gasteiger partial charge >= 0.3 is 6.09 Å². The van der Waals surface area contributed by atoms with Gasteiger partial charge < -0.3 is 25.7 Å². The van der Waals surface area contributed by atoms with Crippen molar-refractivity contribution < 1.29 is 24.2 Å². The molecule has 0 aliphatic carbocycles. The normalized spacial score (nSPS) is 22.9. The lowest BCUT2D eigenvalue weighted by Crippen LogP contribution is -2.57. The number of rotatable bonds is 6. The number of likely N-dealkylation sites (tertiary alicyclic amines) is 1. The van der Waals surface area contributed by atoms with Crippen LogP contribution in [0.2, 0.25) is 10.0 Å². The van der Waals surface area contributed by atoms with Crippen molar-refractivity contribution in [3.63, 3.8) is 0 Å². The van der Waals surface area contributed by atoms with Gasteiger partial charge in [0, 0.05) is 29.7 Å². The van der Waals surface area contributed by atoms with Gasteiger partial charge in [0.1, 0.15) is 6.04 Å². The molecule has 2 amide bonds. The summed E-state index contributed by atoms with van der Waals surface area (Å²) in [6, 6.07) is 3.37. The Labute approximate surface area is 217 Å². The topological polar surface area (TPSA) is 131 Å². The number of hydrogen-bond acceptors (Lipinski definition) is 7. The largest absolute Gasteiger partial charge is 0.465 e. The van der Waals surface area contributed by atoms with E-state index in [1.165, 1.54) is 0 Å². The molecule has 2 aliphatic rings. The van der Waals surface area contributed by atoms with Gasteiger partial charge in [-0.05, 0) is 43.9 Å². The summed E-state index contributed by atoms with van der Waals surface area (Å²) in [5.41, 5.74) is 0.719. The number of hydrogen-bond donors (Lipinski definition) is 4. The molecule has 2 aliphatic heterocycles. The number of piperidine rings is 1. The highest BCUT2D eigenvalue weighted by atomic mass is 35.5. The van der Waals surface area contributed by atoms with E-state index in [1.54, 1.807) is 23.1 Å². The minimum absolute atomic E-state index is 0.0153. The smallest absolute Gasteiger partial charge is 0.407 e. The van der Waals surface area contributed by atoms with Gasteiger partial charge in [-0.1, -0.05) is 29.3 Å². The molecule has 1 unspecified atom stereocenters. The lowest BCUT2D eigenvalue weighted by Gasteiger charge is -2.37. The van der Waals surface area contributed by atoms with Crippen molar-refractivity contribution in [1.82, 2.24) is 20.2 Å². The van der Waals surface area contributed by atoms with Crippen LogP contribution < -0.4 is 15.5 Å². The number of aliphatic hydroxyl groups excluding tert-OH is 1. The van der Waals surface area contributed by atoms with Crippen molar-refractivity contribution in [3.05, 3.63) is 45.8 Å². The predicted octanol–water partition coefficient (Wildman–Crippen LogP) is 3.29. The van der Waals surface area contributed by atoms with E-state index in [4.69, 9.17) is 23.2 Å². The average Bonchev–Trinajstić information content (AvgIpc) is 3.32. The lowest BCUT2D eigenvalue weighted by molar-refractivity contribution is -0.126. The highest BCUT2D eigenvalue weighted by Crippen LogP contribution is 2.29. The van der Waals surface area contributed by atoms with E-state index in [0.29, 0.717) is 42.4 Å².